The SMILES string of the molecule is CS(=O)CCNC(=O)COc1ccc(N)cc1. The molecule has 0 aromatic heterocycles. The molecule has 5 nitrogen and oxygen atoms in total. The van der Waals surface area contributed by atoms with Gasteiger partial charge in [0, 0.05) is 35.0 Å². The number of hydrogen-bond acceptors (Lipinski definition) is 4. The Hall–Kier alpha value is -1.56. The molecular formula is C11H16N2O3S. The molecule has 0 bridgehead atoms. The van der Waals surface area contributed by atoms with E-state index in [4.69, 9.17) is 10.5 Å². The first-order chi connectivity index (χ1) is 8.08. The van der Waals surface area contributed by atoms with Gasteiger partial charge in [0.05, 0.1) is 0 Å². The topological polar surface area (TPSA) is 81.4 Å². The number of nitrogens with two attached hydrogens (primary N) is 1. The van der Waals surface area contributed by atoms with Crippen LogP contribution in [0.3, 0.4) is 0 Å². The fourth-order valence-electron chi connectivity index (χ4n) is 1.10. The van der Waals surface area contributed by atoms with Gasteiger partial charge < -0.3 is 15.8 Å². The number of benzene rings is 1. The van der Waals surface area contributed by atoms with E-state index in [1.54, 1.807) is 30.5 Å². The van der Waals surface area contributed by atoms with E-state index in [1.165, 1.54) is 0 Å². The van der Waals surface area contributed by atoms with Crippen molar-refractivity contribution in [1.82, 2.24) is 5.32 Å². The molecule has 1 rings (SSSR count). The summed E-state index contributed by atoms with van der Waals surface area (Å²) in [6.07, 6.45) is 1.59. The van der Waals surface area contributed by atoms with Crippen molar-refractivity contribution in [3.63, 3.8) is 0 Å². The van der Waals surface area contributed by atoms with Crippen molar-refractivity contribution in [2.45, 2.75) is 0 Å². The molecule has 94 valence electrons. The Morgan fingerprint density at radius 2 is 2.06 bits per heavy atom. The molecule has 0 fully saturated rings. The molecule has 1 aromatic rings. The van der Waals surface area contributed by atoms with Gasteiger partial charge in [-0.05, 0) is 24.3 Å². The van der Waals surface area contributed by atoms with E-state index in [0.717, 1.165) is 0 Å². The summed E-state index contributed by atoms with van der Waals surface area (Å²) in [4.78, 5) is 11.3. The monoisotopic (exact) mass is 256 g/mol. The van der Waals surface area contributed by atoms with Gasteiger partial charge in [-0.3, -0.25) is 9.00 Å². The summed E-state index contributed by atoms with van der Waals surface area (Å²) in [6.45, 7) is 0.341. The van der Waals surface area contributed by atoms with Crippen LogP contribution in [0.4, 0.5) is 5.69 Å². The summed E-state index contributed by atoms with van der Waals surface area (Å²) in [6, 6.07) is 6.80. The fraction of sp³-hybridized carbons (Fsp3) is 0.364. The molecule has 0 aliphatic rings. The third kappa shape index (κ3) is 5.91. The number of carbonyl (C=O) groups excluding carboxylic acids is 1. The minimum Gasteiger partial charge on any atom is -0.484 e. The first-order valence-electron chi connectivity index (χ1n) is 5.13. The van der Waals surface area contributed by atoms with E-state index in [-0.39, 0.29) is 12.5 Å². The van der Waals surface area contributed by atoms with E-state index >= 15 is 0 Å². The van der Waals surface area contributed by atoms with Crippen molar-refractivity contribution in [1.29, 1.82) is 0 Å². The van der Waals surface area contributed by atoms with E-state index in [1.807, 2.05) is 0 Å². The molecule has 0 aliphatic heterocycles. The highest BCUT2D eigenvalue weighted by atomic mass is 32.2. The quantitative estimate of drug-likeness (QED) is 0.709. The summed E-state index contributed by atoms with van der Waals surface area (Å²) in [5.41, 5.74) is 6.16. The third-order valence-electron chi connectivity index (χ3n) is 1.96. The average Bonchev–Trinajstić information content (AvgIpc) is 2.28. The maximum atomic E-state index is 11.3. The van der Waals surface area contributed by atoms with Gasteiger partial charge in [-0.15, -0.1) is 0 Å². The number of carbonyl (C=O) groups is 1. The van der Waals surface area contributed by atoms with Crippen LogP contribution in [-0.2, 0) is 15.6 Å². The summed E-state index contributed by atoms with van der Waals surface area (Å²) in [5.74, 6) is 0.814. The number of ether oxygens (including phenoxy) is 1. The van der Waals surface area contributed by atoms with E-state index in [2.05, 4.69) is 5.32 Å². The summed E-state index contributed by atoms with van der Waals surface area (Å²) in [7, 11) is -0.894. The normalized spacial score (nSPS) is 11.8. The molecule has 1 unspecified atom stereocenters. The Morgan fingerprint density at radius 3 is 2.65 bits per heavy atom. The van der Waals surface area contributed by atoms with Crippen LogP contribution in [-0.4, -0.2) is 35.3 Å². The molecule has 0 saturated carbocycles. The van der Waals surface area contributed by atoms with E-state index < -0.39 is 10.8 Å². The summed E-state index contributed by atoms with van der Waals surface area (Å²) in [5, 5.41) is 2.61. The molecule has 0 heterocycles. The van der Waals surface area contributed by atoms with Crippen molar-refractivity contribution < 1.29 is 13.7 Å². The highest BCUT2D eigenvalue weighted by Crippen LogP contribution is 2.12. The molecule has 1 atom stereocenters. The highest BCUT2D eigenvalue weighted by Gasteiger charge is 2.02. The van der Waals surface area contributed by atoms with Crippen LogP contribution in [0.15, 0.2) is 24.3 Å². The number of hydrogen-bond donors (Lipinski definition) is 2. The van der Waals surface area contributed by atoms with Gasteiger partial charge in [-0.2, -0.15) is 0 Å². The van der Waals surface area contributed by atoms with Gasteiger partial charge >= 0.3 is 0 Å². The van der Waals surface area contributed by atoms with Crippen LogP contribution >= 0.6 is 0 Å². The van der Waals surface area contributed by atoms with Crippen LogP contribution in [0.2, 0.25) is 0 Å². The first-order valence-corrected chi connectivity index (χ1v) is 6.85. The van der Waals surface area contributed by atoms with Crippen molar-refractivity contribution in [3.8, 4) is 5.75 Å². The molecular weight excluding hydrogens is 240 g/mol. The molecule has 1 amide bonds. The minimum absolute atomic E-state index is 0.0553. The minimum atomic E-state index is -0.894. The second-order valence-electron chi connectivity index (χ2n) is 3.48. The van der Waals surface area contributed by atoms with Crippen molar-refractivity contribution >= 4 is 22.4 Å². The maximum absolute atomic E-state index is 11.3. The van der Waals surface area contributed by atoms with E-state index in [9.17, 15) is 9.00 Å². The lowest BCUT2D eigenvalue weighted by Gasteiger charge is -2.06. The zero-order chi connectivity index (χ0) is 12.7. The standard InChI is InChI=1S/C11H16N2O3S/c1-17(15)7-6-13-11(14)8-16-10-4-2-9(12)3-5-10/h2-5H,6-8,12H2,1H3,(H,13,14). The maximum Gasteiger partial charge on any atom is 0.257 e. The van der Waals surface area contributed by atoms with Gasteiger partial charge in [0.25, 0.3) is 5.91 Å². The number of rotatable bonds is 6. The summed E-state index contributed by atoms with van der Waals surface area (Å²) < 4.78 is 16.0. The van der Waals surface area contributed by atoms with Gasteiger partial charge in [0.15, 0.2) is 6.61 Å². The molecule has 3 N–H and O–H groups in total. The summed E-state index contributed by atoms with van der Waals surface area (Å²) >= 11 is 0. The number of anilines is 1. The lowest BCUT2D eigenvalue weighted by atomic mass is 10.3. The van der Waals surface area contributed by atoms with Gasteiger partial charge in [-0.25, -0.2) is 0 Å². The van der Waals surface area contributed by atoms with Crippen LogP contribution in [0.5, 0.6) is 5.75 Å². The molecule has 1 aromatic carbocycles. The number of nitrogen functional groups attached to an aromatic ring is 1. The zero-order valence-corrected chi connectivity index (χ0v) is 10.5. The predicted octanol–water partition coefficient (Wildman–Crippen LogP) is 0.142. The second-order valence-corrected chi connectivity index (χ2v) is 5.04. The van der Waals surface area contributed by atoms with Crippen molar-refractivity contribution in [2.75, 3.05) is 30.9 Å². The van der Waals surface area contributed by atoms with Gasteiger partial charge in [0.2, 0.25) is 0 Å². The van der Waals surface area contributed by atoms with Crippen LogP contribution in [0, 0.1) is 0 Å². The van der Waals surface area contributed by atoms with Crippen molar-refractivity contribution in [2.24, 2.45) is 0 Å². The fourth-order valence-corrected chi connectivity index (χ4v) is 1.49. The van der Waals surface area contributed by atoms with Gasteiger partial charge in [-0.1, -0.05) is 0 Å². The lowest BCUT2D eigenvalue weighted by Crippen LogP contribution is -2.31. The Labute approximate surface area is 103 Å². The molecule has 0 radical (unpaired) electrons. The first kappa shape index (κ1) is 13.5. The zero-order valence-electron chi connectivity index (χ0n) is 9.64. The highest BCUT2D eigenvalue weighted by molar-refractivity contribution is 7.84. The second kappa shape index (κ2) is 6.90. The molecule has 0 saturated heterocycles. The largest absolute Gasteiger partial charge is 0.484 e. The van der Waals surface area contributed by atoms with Crippen LogP contribution in [0.25, 0.3) is 0 Å². The predicted molar refractivity (Wildman–Crippen MR) is 68.3 cm³/mol. The van der Waals surface area contributed by atoms with Crippen molar-refractivity contribution in [3.05, 3.63) is 24.3 Å². The molecule has 0 aliphatic carbocycles. The Morgan fingerprint density at radius 1 is 1.41 bits per heavy atom. The third-order valence-corrected chi connectivity index (χ3v) is 2.74. The Bertz CT molecular complexity index is 392. The average molecular weight is 256 g/mol. The molecule has 0 spiro atoms. The molecule has 6 heteroatoms. The van der Waals surface area contributed by atoms with Crippen LogP contribution in [0.1, 0.15) is 0 Å². The lowest BCUT2D eigenvalue weighted by molar-refractivity contribution is -0.122. The van der Waals surface area contributed by atoms with Crippen LogP contribution < -0.4 is 15.8 Å². The number of nitrogens with one attached hydrogen (secondary N) is 1. The Balaban J connectivity index is 2.23. The smallest absolute Gasteiger partial charge is 0.257 e. The van der Waals surface area contributed by atoms with E-state index in [0.29, 0.717) is 23.7 Å². The number of amides is 1. The molecule has 17 heavy (non-hydrogen) atoms. The Kier molecular flexibility index (Phi) is 5.48. The van der Waals surface area contributed by atoms with Gasteiger partial charge in [0.1, 0.15) is 5.75 Å².